The van der Waals surface area contributed by atoms with Crippen molar-refractivity contribution in [3.8, 4) is 0 Å². The SMILES string of the molecule is O=C(O)CC1CN(C(=O)N2CCN(C3CCCC3)CC2)C1. The number of hydrogen-bond donors (Lipinski definition) is 1. The molecule has 0 atom stereocenters. The fourth-order valence-corrected chi connectivity index (χ4v) is 3.85. The van der Waals surface area contributed by atoms with E-state index >= 15 is 0 Å². The molecule has 3 fully saturated rings. The van der Waals surface area contributed by atoms with E-state index in [4.69, 9.17) is 5.11 Å². The molecule has 0 aromatic rings. The Bertz CT molecular complexity index is 395. The molecule has 3 aliphatic rings. The summed E-state index contributed by atoms with van der Waals surface area (Å²) in [6.07, 6.45) is 5.51. The first kappa shape index (κ1) is 14.6. The van der Waals surface area contributed by atoms with Crippen LogP contribution in [0, 0.1) is 5.92 Å². The van der Waals surface area contributed by atoms with Gasteiger partial charge in [0, 0.05) is 51.2 Å². The Balaban J connectivity index is 1.40. The molecule has 0 unspecified atom stereocenters. The lowest BCUT2D eigenvalue weighted by atomic mass is 9.97. The number of hydrogen-bond acceptors (Lipinski definition) is 3. The van der Waals surface area contributed by atoms with Gasteiger partial charge in [0.05, 0.1) is 6.42 Å². The van der Waals surface area contributed by atoms with Crippen molar-refractivity contribution in [3.63, 3.8) is 0 Å². The third-order valence-electron chi connectivity index (χ3n) is 5.12. The van der Waals surface area contributed by atoms with Gasteiger partial charge in [0.25, 0.3) is 0 Å². The number of carbonyl (C=O) groups excluding carboxylic acids is 1. The van der Waals surface area contributed by atoms with Crippen molar-refractivity contribution >= 4 is 12.0 Å². The van der Waals surface area contributed by atoms with Crippen LogP contribution in [-0.4, -0.2) is 77.1 Å². The number of amides is 2. The van der Waals surface area contributed by atoms with Gasteiger partial charge in [0.2, 0.25) is 0 Å². The van der Waals surface area contributed by atoms with Gasteiger partial charge in [-0.1, -0.05) is 12.8 Å². The Kier molecular flexibility index (Phi) is 4.33. The Hall–Kier alpha value is -1.30. The predicted octanol–water partition coefficient (Wildman–Crippen LogP) is 1.07. The number of urea groups is 1. The van der Waals surface area contributed by atoms with Gasteiger partial charge in [-0.3, -0.25) is 9.69 Å². The second-order valence-corrected chi connectivity index (χ2v) is 6.61. The molecule has 2 amide bonds. The first-order chi connectivity index (χ1) is 10.1. The van der Waals surface area contributed by atoms with E-state index in [0.29, 0.717) is 13.1 Å². The minimum absolute atomic E-state index is 0.0997. The Labute approximate surface area is 125 Å². The molecule has 2 saturated heterocycles. The molecule has 3 rings (SSSR count). The van der Waals surface area contributed by atoms with E-state index in [1.54, 1.807) is 4.90 Å². The highest BCUT2D eigenvalue weighted by Crippen LogP contribution is 2.25. The molecule has 2 heterocycles. The quantitative estimate of drug-likeness (QED) is 0.846. The zero-order chi connectivity index (χ0) is 14.8. The highest BCUT2D eigenvalue weighted by molar-refractivity contribution is 5.76. The summed E-state index contributed by atoms with van der Waals surface area (Å²) in [6, 6.07) is 0.842. The highest BCUT2D eigenvalue weighted by atomic mass is 16.4. The largest absolute Gasteiger partial charge is 0.481 e. The molecule has 1 aliphatic carbocycles. The van der Waals surface area contributed by atoms with Crippen molar-refractivity contribution in [1.29, 1.82) is 0 Å². The summed E-state index contributed by atoms with van der Waals surface area (Å²) in [5.41, 5.74) is 0. The fraction of sp³-hybridized carbons (Fsp3) is 0.867. The number of likely N-dealkylation sites (tertiary alicyclic amines) is 1. The predicted molar refractivity (Wildman–Crippen MR) is 78.1 cm³/mol. The van der Waals surface area contributed by atoms with Crippen LogP contribution in [0.3, 0.4) is 0 Å². The van der Waals surface area contributed by atoms with Crippen LogP contribution in [0.4, 0.5) is 4.79 Å². The Morgan fingerprint density at radius 1 is 0.952 bits per heavy atom. The van der Waals surface area contributed by atoms with E-state index in [1.807, 2.05) is 4.90 Å². The van der Waals surface area contributed by atoms with Gasteiger partial charge in [-0.15, -0.1) is 0 Å². The molecule has 1 saturated carbocycles. The average Bonchev–Trinajstić information content (AvgIpc) is 2.96. The van der Waals surface area contributed by atoms with E-state index < -0.39 is 5.97 Å². The molecule has 1 N–H and O–H groups in total. The lowest BCUT2D eigenvalue weighted by Crippen LogP contribution is -2.59. The molecule has 6 heteroatoms. The minimum Gasteiger partial charge on any atom is -0.481 e. The van der Waals surface area contributed by atoms with Crippen LogP contribution >= 0.6 is 0 Å². The maximum atomic E-state index is 12.3. The molecular formula is C15H25N3O3. The summed E-state index contributed by atoms with van der Waals surface area (Å²) in [6.45, 7) is 4.82. The van der Waals surface area contributed by atoms with Gasteiger partial charge >= 0.3 is 12.0 Å². The van der Waals surface area contributed by atoms with Crippen LogP contribution < -0.4 is 0 Å². The average molecular weight is 295 g/mol. The first-order valence-corrected chi connectivity index (χ1v) is 8.13. The number of carbonyl (C=O) groups is 2. The van der Waals surface area contributed by atoms with E-state index in [-0.39, 0.29) is 18.4 Å². The van der Waals surface area contributed by atoms with Gasteiger partial charge in [-0.2, -0.15) is 0 Å². The maximum Gasteiger partial charge on any atom is 0.320 e. The summed E-state index contributed by atoms with van der Waals surface area (Å²) >= 11 is 0. The minimum atomic E-state index is -0.766. The lowest BCUT2D eigenvalue weighted by molar-refractivity contribution is -0.139. The Morgan fingerprint density at radius 3 is 2.14 bits per heavy atom. The second kappa shape index (κ2) is 6.22. The molecule has 0 spiro atoms. The third-order valence-corrected chi connectivity index (χ3v) is 5.12. The van der Waals surface area contributed by atoms with Crippen molar-refractivity contribution in [1.82, 2.24) is 14.7 Å². The Morgan fingerprint density at radius 2 is 1.57 bits per heavy atom. The van der Waals surface area contributed by atoms with Crippen LogP contribution in [0.25, 0.3) is 0 Å². The van der Waals surface area contributed by atoms with Crippen molar-refractivity contribution in [2.24, 2.45) is 5.92 Å². The normalized spacial score (nSPS) is 25.1. The summed E-state index contributed by atoms with van der Waals surface area (Å²) in [5, 5.41) is 8.74. The standard InChI is InChI=1S/C15H25N3O3/c19-14(20)9-12-10-18(11-12)15(21)17-7-5-16(6-8-17)13-3-1-2-4-13/h12-13H,1-11H2,(H,19,20). The van der Waals surface area contributed by atoms with Crippen LogP contribution in [0.5, 0.6) is 0 Å². The summed E-state index contributed by atoms with van der Waals surface area (Å²) < 4.78 is 0. The van der Waals surface area contributed by atoms with E-state index in [1.165, 1.54) is 25.7 Å². The van der Waals surface area contributed by atoms with Gasteiger partial charge in [0.1, 0.15) is 0 Å². The smallest absolute Gasteiger partial charge is 0.320 e. The highest BCUT2D eigenvalue weighted by Gasteiger charge is 2.36. The van der Waals surface area contributed by atoms with Gasteiger partial charge in [-0.05, 0) is 12.8 Å². The zero-order valence-electron chi connectivity index (χ0n) is 12.5. The lowest BCUT2D eigenvalue weighted by Gasteiger charge is -2.44. The van der Waals surface area contributed by atoms with Gasteiger partial charge in [0.15, 0.2) is 0 Å². The van der Waals surface area contributed by atoms with Crippen LogP contribution in [0.2, 0.25) is 0 Å². The van der Waals surface area contributed by atoms with Crippen molar-refractivity contribution < 1.29 is 14.7 Å². The fourth-order valence-electron chi connectivity index (χ4n) is 3.85. The number of piperazine rings is 1. The van der Waals surface area contributed by atoms with Crippen molar-refractivity contribution in [2.45, 2.75) is 38.1 Å². The molecule has 0 radical (unpaired) electrons. The number of carboxylic acid groups (broad SMARTS) is 1. The van der Waals surface area contributed by atoms with Crippen molar-refractivity contribution in [3.05, 3.63) is 0 Å². The summed E-state index contributed by atoms with van der Waals surface area (Å²) in [5.74, 6) is -0.622. The van der Waals surface area contributed by atoms with Crippen molar-refractivity contribution in [2.75, 3.05) is 39.3 Å². The van der Waals surface area contributed by atoms with E-state index in [0.717, 1.165) is 32.2 Å². The van der Waals surface area contributed by atoms with Gasteiger partial charge < -0.3 is 14.9 Å². The van der Waals surface area contributed by atoms with Crippen LogP contribution in [0.15, 0.2) is 0 Å². The number of aliphatic carboxylic acids is 1. The molecule has 0 bridgehead atoms. The number of rotatable bonds is 3. The number of nitrogens with zero attached hydrogens (tertiary/aromatic N) is 3. The van der Waals surface area contributed by atoms with Gasteiger partial charge in [-0.25, -0.2) is 4.79 Å². The van der Waals surface area contributed by atoms with E-state index in [2.05, 4.69) is 4.90 Å². The zero-order valence-corrected chi connectivity index (χ0v) is 12.5. The third kappa shape index (κ3) is 3.31. The molecule has 0 aromatic carbocycles. The number of carboxylic acids is 1. The maximum absolute atomic E-state index is 12.3. The first-order valence-electron chi connectivity index (χ1n) is 8.13. The molecule has 2 aliphatic heterocycles. The van der Waals surface area contributed by atoms with Crippen LogP contribution in [0.1, 0.15) is 32.1 Å². The van der Waals surface area contributed by atoms with Crippen LogP contribution in [-0.2, 0) is 4.79 Å². The second-order valence-electron chi connectivity index (χ2n) is 6.61. The molecule has 6 nitrogen and oxygen atoms in total. The molecular weight excluding hydrogens is 270 g/mol. The molecule has 21 heavy (non-hydrogen) atoms. The monoisotopic (exact) mass is 295 g/mol. The topological polar surface area (TPSA) is 64.1 Å². The summed E-state index contributed by atoms with van der Waals surface area (Å²) in [7, 11) is 0. The summed E-state index contributed by atoms with van der Waals surface area (Å²) in [4.78, 5) is 29.2. The molecule has 118 valence electrons. The van der Waals surface area contributed by atoms with E-state index in [9.17, 15) is 9.59 Å². The molecule has 0 aromatic heterocycles.